The van der Waals surface area contributed by atoms with Gasteiger partial charge in [0.15, 0.2) is 5.16 Å². The highest BCUT2D eigenvalue weighted by molar-refractivity contribution is 7.98. The normalized spacial score (nSPS) is 15.4. The topological polar surface area (TPSA) is 78.3 Å². The summed E-state index contributed by atoms with van der Waals surface area (Å²) in [7, 11) is 1.68. The van der Waals surface area contributed by atoms with Crippen molar-refractivity contribution in [3.63, 3.8) is 0 Å². The Labute approximate surface area is 208 Å². The quantitative estimate of drug-likeness (QED) is 0.345. The molecule has 7 nitrogen and oxygen atoms in total. The molecule has 0 aliphatic carbocycles. The van der Waals surface area contributed by atoms with Crippen molar-refractivity contribution < 1.29 is 14.3 Å². The number of thioether (sulfide) groups is 1. The maximum Gasteiger partial charge on any atom is 0.251 e. The Morgan fingerprint density at radius 1 is 1.20 bits per heavy atom. The number of benzene rings is 2. The van der Waals surface area contributed by atoms with Crippen LogP contribution in [-0.4, -0.2) is 46.8 Å². The number of imidazole rings is 1. The lowest BCUT2D eigenvalue weighted by atomic mass is 10.1. The van der Waals surface area contributed by atoms with E-state index in [1.165, 1.54) is 0 Å². The van der Waals surface area contributed by atoms with Crippen molar-refractivity contribution >= 4 is 28.7 Å². The molecule has 1 atom stereocenters. The van der Waals surface area contributed by atoms with Crippen LogP contribution in [0, 0.1) is 0 Å². The number of aromatic nitrogens is 3. The Hall–Kier alpha value is -3.36. The van der Waals surface area contributed by atoms with Crippen LogP contribution in [0.5, 0.6) is 5.75 Å². The summed E-state index contributed by atoms with van der Waals surface area (Å²) in [6, 6.07) is 17.8. The van der Waals surface area contributed by atoms with Gasteiger partial charge in [0.05, 0.1) is 37.0 Å². The number of hydrogen-bond donors (Lipinski definition) is 1. The third kappa shape index (κ3) is 5.66. The Bertz CT molecular complexity index is 1300. The van der Waals surface area contributed by atoms with Gasteiger partial charge in [0.25, 0.3) is 5.91 Å². The first-order valence-corrected chi connectivity index (χ1v) is 12.7. The smallest absolute Gasteiger partial charge is 0.251 e. The van der Waals surface area contributed by atoms with Gasteiger partial charge < -0.3 is 19.4 Å². The molecule has 4 aromatic rings. The molecule has 8 heteroatoms. The van der Waals surface area contributed by atoms with E-state index in [1.807, 2.05) is 54.7 Å². The molecule has 0 unspecified atom stereocenters. The first kappa shape index (κ1) is 23.4. The summed E-state index contributed by atoms with van der Waals surface area (Å²) in [5, 5.41) is 3.90. The molecular weight excluding hydrogens is 460 g/mol. The number of amides is 1. The maximum atomic E-state index is 12.5. The van der Waals surface area contributed by atoms with E-state index in [4.69, 9.17) is 14.5 Å². The van der Waals surface area contributed by atoms with Gasteiger partial charge in [-0.25, -0.2) is 4.98 Å². The minimum absolute atomic E-state index is 0.0627. The average molecular weight is 489 g/mol. The molecule has 3 heterocycles. The Morgan fingerprint density at radius 3 is 2.89 bits per heavy atom. The lowest BCUT2D eigenvalue weighted by Crippen LogP contribution is -2.31. The zero-order valence-corrected chi connectivity index (χ0v) is 20.5. The Balaban J connectivity index is 1.27. The molecule has 1 aliphatic heterocycles. The summed E-state index contributed by atoms with van der Waals surface area (Å²) in [6.45, 7) is 2.02. The zero-order valence-electron chi connectivity index (χ0n) is 19.6. The molecule has 180 valence electrons. The van der Waals surface area contributed by atoms with E-state index in [9.17, 15) is 4.79 Å². The standard InChI is InChI=1S/C27H28N4O3S/c1-33-22-5-2-4-20(14-22)17-31-25-16-28-12-11-24(25)30-27(31)35-18-19-7-9-21(10-8-19)26(32)29-15-23-6-3-13-34-23/h2,4-5,7-12,14,16,23H,3,6,13,15,17-18H2,1H3,(H,29,32)/t23-/m0/s1. The fraction of sp³-hybridized carbons (Fsp3) is 0.296. The van der Waals surface area contributed by atoms with Gasteiger partial charge >= 0.3 is 0 Å². The summed E-state index contributed by atoms with van der Waals surface area (Å²) < 4.78 is 13.2. The fourth-order valence-corrected chi connectivity index (χ4v) is 5.15. The number of carbonyl (C=O) groups is 1. The van der Waals surface area contributed by atoms with Crippen molar-refractivity contribution in [1.29, 1.82) is 0 Å². The molecule has 0 saturated carbocycles. The van der Waals surface area contributed by atoms with E-state index in [0.717, 1.165) is 58.3 Å². The monoisotopic (exact) mass is 488 g/mol. The summed E-state index contributed by atoms with van der Waals surface area (Å²) in [4.78, 5) is 21.6. The number of ether oxygens (including phenoxy) is 2. The summed E-state index contributed by atoms with van der Waals surface area (Å²) >= 11 is 1.67. The van der Waals surface area contributed by atoms with E-state index < -0.39 is 0 Å². The Kier molecular flexibility index (Phi) is 7.30. The van der Waals surface area contributed by atoms with Crippen molar-refractivity contribution in [3.8, 4) is 5.75 Å². The Morgan fingerprint density at radius 2 is 2.09 bits per heavy atom. The zero-order chi connectivity index (χ0) is 24.0. The first-order valence-electron chi connectivity index (χ1n) is 11.7. The highest BCUT2D eigenvalue weighted by atomic mass is 32.2. The van der Waals surface area contributed by atoms with Crippen LogP contribution in [0.1, 0.15) is 34.3 Å². The number of hydrogen-bond acceptors (Lipinski definition) is 6. The molecule has 2 aromatic carbocycles. The lowest BCUT2D eigenvalue weighted by molar-refractivity contribution is 0.0858. The van der Waals surface area contributed by atoms with Crippen LogP contribution in [0.25, 0.3) is 11.0 Å². The van der Waals surface area contributed by atoms with Crippen LogP contribution < -0.4 is 10.1 Å². The molecule has 2 aromatic heterocycles. The van der Waals surface area contributed by atoms with Gasteiger partial charge in [0, 0.05) is 30.7 Å². The molecule has 0 radical (unpaired) electrons. The molecular formula is C27H28N4O3S. The van der Waals surface area contributed by atoms with Crippen LogP contribution in [0.2, 0.25) is 0 Å². The summed E-state index contributed by atoms with van der Waals surface area (Å²) in [6.07, 6.45) is 5.84. The minimum atomic E-state index is -0.0627. The van der Waals surface area contributed by atoms with Gasteiger partial charge in [-0.1, -0.05) is 36.0 Å². The van der Waals surface area contributed by atoms with Gasteiger partial charge in [0.1, 0.15) is 5.75 Å². The predicted octanol–water partition coefficient (Wildman–Crippen LogP) is 4.69. The number of fused-ring (bicyclic) bond motifs is 1. The van der Waals surface area contributed by atoms with Crippen molar-refractivity contribution in [3.05, 3.63) is 83.7 Å². The number of nitrogens with one attached hydrogen (secondary N) is 1. The third-order valence-corrected chi connectivity index (χ3v) is 7.14. The number of methoxy groups -OCH3 is 1. The van der Waals surface area contributed by atoms with E-state index in [-0.39, 0.29) is 12.0 Å². The summed E-state index contributed by atoms with van der Waals surface area (Å²) in [5.41, 5.74) is 4.84. The summed E-state index contributed by atoms with van der Waals surface area (Å²) in [5.74, 6) is 1.51. The number of rotatable bonds is 9. The van der Waals surface area contributed by atoms with Crippen LogP contribution in [-0.2, 0) is 17.0 Å². The first-order chi connectivity index (χ1) is 17.2. The van der Waals surface area contributed by atoms with Gasteiger partial charge in [-0.15, -0.1) is 0 Å². The van der Waals surface area contributed by atoms with E-state index in [2.05, 4.69) is 20.9 Å². The highest BCUT2D eigenvalue weighted by Gasteiger charge is 2.17. The molecule has 1 aliphatic rings. The molecule has 5 rings (SSSR count). The number of nitrogens with zero attached hydrogens (tertiary/aromatic N) is 3. The molecule has 1 fully saturated rings. The highest BCUT2D eigenvalue weighted by Crippen LogP contribution is 2.28. The lowest BCUT2D eigenvalue weighted by Gasteiger charge is -2.11. The van der Waals surface area contributed by atoms with Crippen LogP contribution in [0.4, 0.5) is 0 Å². The van der Waals surface area contributed by atoms with Crippen LogP contribution >= 0.6 is 11.8 Å². The van der Waals surface area contributed by atoms with Crippen LogP contribution in [0.3, 0.4) is 0 Å². The second-order valence-electron chi connectivity index (χ2n) is 8.53. The van der Waals surface area contributed by atoms with Crippen molar-refractivity contribution in [1.82, 2.24) is 19.9 Å². The van der Waals surface area contributed by atoms with Crippen molar-refractivity contribution in [2.75, 3.05) is 20.3 Å². The maximum absolute atomic E-state index is 12.5. The second-order valence-corrected chi connectivity index (χ2v) is 9.47. The van der Waals surface area contributed by atoms with Gasteiger partial charge in [-0.05, 0) is 54.3 Å². The molecule has 0 spiro atoms. The van der Waals surface area contributed by atoms with E-state index in [1.54, 1.807) is 25.1 Å². The van der Waals surface area contributed by atoms with Gasteiger partial charge in [-0.2, -0.15) is 0 Å². The minimum Gasteiger partial charge on any atom is -0.497 e. The van der Waals surface area contributed by atoms with Crippen molar-refractivity contribution in [2.45, 2.75) is 36.4 Å². The third-order valence-electron chi connectivity index (χ3n) is 6.09. The molecule has 1 amide bonds. The van der Waals surface area contributed by atoms with Crippen molar-refractivity contribution in [2.24, 2.45) is 0 Å². The van der Waals surface area contributed by atoms with E-state index in [0.29, 0.717) is 18.7 Å². The SMILES string of the molecule is COc1cccc(Cn2c(SCc3ccc(C(=O)NC[C@@H]4CCCO4)cc3)nc3ccncc32)c1. The number of carbonyl (C=O) groups excluding carboxylic acids is 1. The van der Waals surface area contributed by atoms with E-state index >= 15 is 0 Å². The van der Waals surface area contributed by atoms with Gasteiger partial charge in [-0.3, -0.25) is 9.78 Å². The number of pyridine rings is 1. The second kappa shape index (κ2) is 10.9. The van der Waals surface area contributed by atoms with Gasteiger partial charge in [0.2, 0.25) is 0 Å². The predicted molar refractivity (Wildman–Crippen MR) is 137 cm³/mol. The molecule has 1 saturated heterocycles. The fourth-order valence-electron chi connectivity index (χ4n) is 4.18. The average Bonchev–Trinajstić information content (AvgIpc) is 3.55. The molecule has 1 N–H and O–H groups in total. The molecule has 35 heavy (non-hydrogen) atoms. The largest absolute Gasteiger partial charge is 0.497 e. The van der Waals surface area contributed by atoms with Crippen LogP contribution in [0.15, 0.2) is 72.1 Å². The molecule has 0 bridgehead atoms.